The minimum atomic E-state index is -1.34. The molecule has 0 fully saturated rings. The lowest BCUT2D eigenvalue weighted by Gasteiger charge is -2.40. The third-order valence-corrected chi connectivity index (χ3v) is 11.9. The Morgan fingerprint density at radius 3 is 1.64 bits per heavy atom. The standard InChI is InChI=1S/C52H68O12/c1-31(17-13-19-33(3)21-23-39-35(5)25-37(27-51(39,7)8)61-29-41(53)47-43(55)45(57)49(59)63-47)15-11-12-16-32(2)18-14-20-34(4)22-24-40-36(6)26-38(28-52(40,9)10)62-30-42(54)48-44(56)46(58)50(60)64-48/h11-25,37-39,41-42,47-48,53-58H,26-30H2,1-10H3/b12-11+,17-13+,18-14+,23-21+,24-22+,31-15+,32-16+,33-19+,34-20+/t37-,38+,39-,41?,42?,47?,48?/m0/s1. The third kappa shape index (κ3) is 14.0. The van der Waals surface area contributed by atoms with Crippen LogP contribution in [0.15, 0.2) is 153 Å². The van der Waals surface area contributed by atoms with Crippen LogP contribution >= 0.6 is 0 Å². The van der Waals surface area contributed by atoms with E-state index in [0.29, 0.717) is 19.3 Å². The van der Waals surface area contributed by atoms with Gasteiger partial charge in [-0.3, -0.25) is 0 Å². The number of hydrogen-bond acceptors (Lipinski definition) is 12. The van der Waals surface area contributed by atoms with Gasteiger partial charge in [0.05, 0.1) is 25.4 Å². The monoisotopic (exact) mass is 884 g/mol. The van der Waals surface area contributed by atoms with Crippen LogP contribution in [0.3, 0.4) is 0 Å². The predicted octanol–water partition coefficient (Wildman–Crippen LogP) is 9.68. The van der Waals surface area contributed by atoms with E-state index in [9.17, 15) is 40.2 Å². The van der Waals surface area contributed by atoms with E-state index in [1.807, 2.05) is 30.4 Å². The van der Waals surface area contributed by atoms with Gasteiger partial charge >= 0.3 is 11.9 Å². The van der Waals surface area contributed by atoms with E-state index in [1.165, 1.54) is 11.1 Å². The molecule has 2 heterocycles. The number of cyclic esters (lactones) is 2. The van der Waals surface area contributed by atoms with Gasteiger partial charge in [0, 0.05) is 5.92 Å². The summed E-state index contributed by atoms with van der Waals surface area (Å²) >= 11 is 0. The van der Waals surface area contributed by atoms with Crippen LogP contribution in [0.2, 0.25) is 0 Å². The Bertz CT molecular complexity index is 2160. The van der Waals surface area contributed by atoms with Gasteiger partial charge in [0.15, 0.2) is 23.7 Å². The molecule has 4 aliphatic rings. The van der Waals surface area contributed by atoms with Crippen molar-refractivity contribution in [3.63, 3.8) is 0 Å². The topological polar surface area (TPSA) is 192 Å². The first-order valence-corrected chi connectivity index (χ1v) is 21.7. The summed E-state index contributed by atoms with van der Waals surface area (Å²) in [6, 6.07) is 0. The maximum Gasteiger partial charge on any atom is 0.377 e. The van der Waals surface area contributed by atoms with Crippen LogP contribution in [0.1, 0.15) is 88.5 Å². The van der Waals surface area contributed by atoms with Crippen LogP contribution in [0.4, 0.5) is 0 Å². The minimum Gasteiger partial charge on any atom is -0.505 e. The first-order chi connectivity index (χ1) is 30.0. The fourth-order valence-electron chi connectivity index (χ4n) is 8.39. The average Bonchev–Trinajstić information content (AvgIpc) is 3.62. The molecular weight excluding hydrogens is 817 g/mol. The number of carbonyl (C=O) groups excluding carboxylic acids is 2. The van der Waals surface area contributed by atoms with Gasteiger partial charge in [-0.15, -0.1) is 0 Å². The molecule has 6 N–H and O–H groups in total. The van der Waals surface area contributed by atoms with Gasteiger partial charge in [0.2, 0.25) is 11.5 Å². The van der Waals surface area contributed by atoms with E-state index >= 15 is 0 Å². The average molecular weight is 885 g/mol. The van der Waals surface area contributed by atoms with Crippen LogP contribution in [0, 0.1) is 16.7 Å². The van der Waals surface area contributed by atoms with Crippen LogP contribution in [0.25, 0.3) is 0 Å². The van der Waals surface area contributed by atoms with E-state index in [2.05, 4.69) is 130 Å². The quantitative estimate of drug-likeness (QED) is 0.0435. The molecule has 348 valence electrons. The summed E-state index contributed by atoms with van der Waals surface area (Å²) in [5, 5.41) is 59.6. The second-order valence-electron chi connectivity index (χ2n) is 18.6. The minimum absolute atomic E-state index is 0.136. The van der Waals surface area contributed by atoms with E-state index in [1.54, 1.807) is 0 Å². The molecule has 0 amide bonds. The summed E-state index contributed by atoms with van der Waals surface area (Å²) in [6.07, 6.45) is 27.5. The smallest absolute Gasteiger partial charge is 0.377 e. The van der Waals surface area contributed by atoms with Crippen LogP contribution in [-0.2, 0) is 28.5 Å². The van der Waals surface area contributed by atoms with Gasteiger partial charge < -0.3 is 49.6 Å². The van der Waals surface area contributed by atoms with Gasteiger partial charge in [0.25, 0.3) is 0 Å². The largest absolute Gasteiger partial charge is 0.505 e. The zero-order valence-electron chi connectivity index (χ0n) is 38.9. The fraction of sp³-hybridized carbons (Fsp3) is 0.462. The highest BCUT2D eigenvalue weighted by Gasteiger charge is 2.42. The molecule has 2 aliphatic carbocycles. The Balaban J connectivity index is 1.22. The highest BCUT2D eigenvalue weighted by Crippen LogP contribution is 2.44. The van der Waals surface area contributed by atoms with Crippen molar-refractivity contribution < 1.29 is 59.2 Å². The SMILES string of the molecule is CC1=C[C@H](OCC(O)C2OC(=O)C(O)=C2O)CC(C)(C)[C@H]1/C=C/C(C)=C/C=C/C(C)=C/C=C/C=C(C)/C=C/C=C(C)/C=C/C1=C(C)C[C@@H](OCC(O)C2OC(=O)C(O)=C2O)CC1(C)C. The van der Waals surface area contributed by atoms with E-state index in [0.717, 1.165) is 27.9 Å². The second-order valence-corrected chi connectivity index (χ2v) is 18.6. The Hall–Kier alpha value is -5.40. The lowest BCUT2D eigenvalue weighted by Crippen LogP contribution is -2.38. The molecular formula is C52H68O12. The Morgan fingerprint density at radius 2 is 1.17 bits per heavy atom. The molecule has 12 nitrogen and oxygen atoms in total. The molecule has 0 bridgehead atoms. The van der Waals surface area contributed by atoms with Gasteiger partial charge in [-0.25, -0.2) is 9.59 Å². The van der Waals surface area contributed by atoms with Crippen molar-refractivity contribution in [3.05, 3.63) is 153 Å². The number of rotatable bonds is 18. The van der Waals surface area contributed by atoms with E-state index < -0.39 is 59.4 Å². The number of esters is 2. The molecule has 7 atom stereocenters. The van der Waals surface area contributed by atoms with Gasteiger partial charge in [-0.1, -0.05) is 152 Å². The summed E-state index contributed by atoms with van der Waals surface area (Å²) in [5.41, 5.74) is 7.66. The lowest BCUT2D eigenvalue weighted by atomic mass is 9.67. The summed E-state index contributed by atoms with van der Waals surface area (Å²) in [6.45, 7) is 20.7. The highest BCUT2D eigenvalue weighted by atomic mass is 16.6. The van der Waals surface area contributed by atoms with Crippen molar-refractivity contribution in [2.24, 2.45) is 16.7 Å². The van der Waals surface area contributed by atoms with Gasteiger partial charge in [-0.2, -0.15) is 0 Å². The van der Waals surface area contributed by atoms with Crippen molar-refractivity contribution in [2.75, 3.05) is 13.2 Å². The van der Waals surface area contributed by atoms with E-state index in [4.69, 9.17) is 18.9 Å². The summed E-state index contributed by atoms with van der Waals surface area (Å²) in [4.78, 5) is 23.0. The number of aliphatic hydroxyl groups excluding tert-OH is 6. The van der Waals surface area contributed by atoms with Crippen molar-refractivity contribution in [2.45, 2.75) is 125 Å². The number of ether oxygens (including phenoxy) is 4. The van der Waals surface area contributed by atoms with E-state index in [-0.39, 0.29) is 42.2 Å². The zero-order chi connectivity index (χ0) is 47.5. The molecule has 0 saturated heterocycles. The molecule has 0 spiro atoms. The highest BCUT2D eigenvalue weighted by molar-refractivity contribution is 5.89. The first-order valence-electron chi connectivity index (χ1n) is 21.7. The van der Waals surface area contributed by atoms with Crippen molar-refractivity contribution >= 4 is 11.9 Å². The molecule has 0 saturated carbocycles. The fourth-order valence-corrected chi connectivity index (χ4v) is 8.39. The molecule has 0 radical (unpaired) electrons. The Morgan fingerprint density at radius 1 is 0.703 bits per heavy atom. The number of allylic oxidation sites excluding steroid dienone is 20. The van der Waals surface area contributed by atoms with Crippen LogP contribution in [-0.4, -0.2) is 92.4 Å². The van der Waals surface area contributed by atoms with Crippen LogP contribution < -0.4 is 0 Å². The molecule has 0 aromatic heterocycles. The maximum absolute atomic E-state index is 11.5. The first kappa shape index (κ1) is 51.2. The summed E-state index contributed by atoms with van der Waals surface area (Å²) in [7, 11) is 0. The molecule has 4 rings (SSSR count). The lowest BCUT2D eigenvalue weighted by molar-refractivity contribution is -0.150. The Kier molecular flexibility index (Phi) is 18.0. The molecule has 4 unspecified atom stereocenters. The van der Waals surface area contributed by atoms with Crippen LogP contribution in [0.5, 0.6) is 0 Å². The summed E-state index contributed by atoms with van der Waals surface area (Å²) in [5.74, 6) is -5.08. The normalized spacial score (nSPS) is 27.3. The number of hydrogen-bond donors (Lipinski definition) is 6. The maximum atomic E-state index is 11.5. The third-order valence-electron chi connectivity index (χ3n) is 11.9. The summed E-state index contributed by atoms with van der Waals surface area (Å²) < 4.78 is 21.6. The Labute approximate surface area is 378 Å². The van der Waals surface area contributed by atoms with Gasteiger partial charge in [0.1, 0.15) is 12.2 Å². The van der Waals surface area contributed by atoms with Gasteiger partial charge in [-0.05, 0) is 77.2 Å². The van der Waals surface area contributed by atoms with Crippen molar-refractivity contribution in [1.82, 2.24) is 0 Å². The number of aliphatic hydroxyl groups is 6. The zero-order valence-corrected chi connectivity index (χ0v) is 38.9. The molecule has 2 aliphatic heterocycles. The number of carbonyl (C=O) groups is 2. The predicted molar refractivity (Wildman–Crippen MR) is 248 cm³/mol. The second kappa shape index (κ2) is 22.5. The molecule has 12 heteroatoms. The molecule has 64 heavy (non-hydrogen) atoms. The van der Waals surface area contributed by atoms with Crippen molar-refractivity contribution in [3.8, 4) is 0 Å². The molecule has 0 aromatic carbocycles. The van der Waals surface area contributed by atoms with Crippen molar-refractivity contribution in [1.29, 1.82) is 0 Å². The molecule has 0 aromatic rings.